The molecule has 2 aromatic rings. The van der Waals surface area contributed by atoms with Crippen molar-refractivity contribution in [3.63, 3.8) is 0 Å². The van der Waals surface area contributed by atoms with Gasteiger partial charge in [-0.1, -0.05) is 68.1 Å². The van der Waals surface area contributed by atoms with Crippen LogP contribution >= 0.6 is 0 Å². The van der Waals surface area contributed by atoms with Gasteiger partial charge in [-0.2, -0.15) is 0 Å². The molecule has 0 bridgehead atoms. The maximum atomic E-state index is 12.4. The average molecular weight is 376 g/mol. The fraction of sp³-hybridized carbons (Fsp3) is 0.440. The number of carbonyl (C=O) groups is 2. The van der Waals surface area contributed by atoms with Crippen molar-refractivity contribution in [3.05, 3.63) is 71.3 Å². The zero-order valence-electron chi connectivity index (χ0n) is 16.5. The van der Waals surface area contributed by atoms with Crippen molar-refractivity contribution in [3.8, 4) is 0 Å². The Balaban J connectivity index is 1.16. The predicted molar refractivity (Wildman–Crippen MR) is 111 cm³/mol. The van der Waals surface area contributed by atoms with E-state index in [0.29, 0.717) is 17.7 Å². The second-order valence-corrected chi connectivity index (χ2v) is 8.38. The van der Waals surface area contributed by atoms with Crippen molar-refractivity contribution >= 4 is 11.8 Å². The van der Waals surface area contributed by atoms with Crippen LogP contribution in [0.4, 0.5) is 0 Å². The Morgan fingerprint density at radius 2 is 1.29 bits per heavy atom. The molecular weight excluding hydrogens is 346 g/mol. The van der Waals surface area contributed by atoms with E-state index in [9.17, 15) is 9.59 Å². The van der Waals surface area contributed by atoms with Crippen LogP contribution in [0.3, 0.4) is 0 Å². The summed E-state index contributed by atoms with van der Waals surface area (Å²) in [5.74, 6) is 1.40. The maximum absolute atomic E-state index is 12.4. The Morgan fingerprint density at radius 3 is 1.93 bits per heavy atom. The number of fused-ring (bicyclic) bond motifs is 1. The van der Waals surface area contributed by atoms with E-state index in [1.54, 1.807) is 12.1 Å². The van der Waals surface area contributed by atoms with Crippen LogP contribution in [0.5, 0.6) is 0 Å². The molecule has 3 heteroatoms. The van der Waals surface area contributed by atoms with Crippen molar-refractivity contribution in [2.24, 2.45) is 11.8 Å². The molecule has 1 heterocycles. The lowest BCUT2D eigenvalue weighted by Gasteiger charge is -2.28. The van der Waals surface area contributed by atoms with Gasteiger partial charge in [-0.25, -0.2) is 0 Å². The number of hydrogen-bond donors (Lipinski definition) is 0. The van der Waals surface area contributed by atoms with Gasteiger partial charge < -0.3 is 0 Å². The molecule has 0 saturated heterocycles. The summed E-state index contributed by atoms with van der Waals surface area (Å²) < 4.78 is 0. The molecule has 1 aliphatic heterocycles. The third-order valence-corrected chi connectivity index (χ3v) is 6.46. The minimum Gasteiger partial charge on any atom is -0.274 e. The molecule has 1 fully saturated rings. The highest BCUT2D eigenvalue weighted by Crippen LogP contribution is 2.33. The largest absolute Gasteiger partial charge is 0.274 e. The fourth-order valence-electron chi connectivity index (χ4n) is 4.82. The minimum atomic E-state index is -0.123. The number of benzene rings is 2. The van der Waals surface area contributed by atoms with Crippen molar-refractivity contribution in [1.82, 2.24) is 4.90 Å². The zero-order chi connectivity index (χ0) is 19.3. The Labute approximate surface area is 167 Å². The first-order valence-corrected chi connectivity index (χ1v) is 10.7. The lowest BCUT2D eigenvalue weighted by atomic mass is 9.77. The van der Waals surface area contributed by atoms with Crippen LogP contribution in [-0.2, 0) is 6.42 Å². The zero-order valence-corrected chi connectivity index (χ0v) is 16.5. The summed E-state index contributed by atoms with van der Waals surface area (Å²) >= 11 is 0. The summed E-state index contributed by atoms with van der Waals surface area (Å²) in [6, 6.07) is 18.0. The molecule has 0 aromatic heterocycles. The molecule has 2 aliphatic rings. The van der Waals surface area contributed by atoms with Gasteiger partial charge in [-0.3, -0.25) is 14.5 Å². The molecule has 3 nitrogen and oxygen atoms in total. The summed E-state index contributed by atoms with van der Waals surface area (Å²) in [6.07, 6.45) is 9.76. The van der Waals surface area contributed by atoms with E-state index in [1.807, 2.05) is 12.1 Å². The van der Waals surface area contributed by atoms with Crippen LogP contribution in [0, 0.1) is 11.8 Å². The van der Waals surface area contributed by atoms with Crippen LogP contribution in [0.25, 0.3) is 0 Å². The molecule has 28 heavy (non-hydrogen) atoms. The SMILES string of the molecule is O=C1c2ccccc2C(=O)N1CCCCC1CCC(Cc2ccccc2)CC1. The van der Waals surface area contributed by atoms with E-state index in [4.69, 9.17) is 0 Å². The Morgan fingerprint density at radius 1 is 0.714 bits per heavy atom. The van der Waals surface area contributed by atoms with E-state index in [2.05, 4.69) is 30.3 Å². The molecule has 2 amide bonds. The molecule has 0 N–H and O–H groups in total. The quantitative estimate of drug-likeness (QED) is 0.473. The number of amides is 2. The number of hydrogen-bond acceptors (Lipinski definition) is 2. The number of carbonyl (C=O) groups excluding carboxylic acids is 2. The third-order valence-electron chi connectivity index (χ3n) is 6.46. The van der Waals surface area contributed by atoms with Crippen LogP contribution in [-0.4, -0.2) is 23.3 Å². The van der Waals surface area contributed by atoms with Crippen molar-refractivity contribution < 1.29 is 9.59 Å². The second-order valence-electron chi connectivity index (χ2n) is 8.38. The van der Waals surface area contributed by atoms with Crippen molar-refractivity contribution in [2.75, 3.05) is 6.54 Å². The van der Waals surface area contributed by atoms with E-state index in [-0.39, 0.29) is 11.8 Å². The Kier molecular flexibility index (Phi) is 5.90. The van der Waals surface area contributed by atoms with E-state index in [0.717, 1.165) is 24.7 Å². The normalized spacial score (nSPS) is 21.8. The lowest BCUT2D eigenvalue weighted by molar-refractivity contribution is 0.0650. The van der Waals surface area contributed by atoms with Gasteiger partial charge in [-0.15, -0.1) is 0 Å². The number of nitrogens with zero attached hydrogens (tertiary/aromatic N) is 1. The molecule has 0 radical (unpaired) electrons. The van der Waals surface area contributed by atoms with Gasteiger partial charge in [0.1, 0.15) is 0 Å². The highest BCUT2D eigenvalue weighted by atomic mass is 16.2. The Hall–Kier alpha value is -2.42. The van der Waals surface area contributed by atoms with Gasteiger partial charge in [0.2, 0.25) is 0 Å². The van der Waals surface area contributed by atoms with E-state index >= 15 is 0 Å². The summed E-state index contributed by atoms with van der Waals surface area (Å²) in [7, 11) is 0. The molecule has 2 aromatic carbocycles. The molecular formula is C25H29NO2. The average Bonchev–Trinajstić information content (AvgIpc) is 2.98. The third kappa shape index (κ3) is 4.19. The second kappa shape index (κ2) is 8.72. The van der Waals surface area contributed by atoms with Gasteiger partial charge in [0.25, 0.3) is 11.8 Å². The minimum absolute atomic E-state index is 0.123. The number of unbranched alkanes of at least 4 members (excludes halogenated alkanes) is 1. The standard InChI is InChI=1S/C25H29NO2/c27-24-22-11-4-5-12-23(22)25(28)26(24)17-7-6-8-19-13-15-21(16-14-19)18-20-9-2-1-3-10-20/h1-5,9-12,19,21H,6-8,13-18H2. The molecule has 1 aliphatic carbocycles. The van der Waals surface area contributed by atoms with Gasteiger partial charge in [-0.05, 0) is 55.2 Å². The first kappa shape index (κ1) is 18.9. The smallest absolute Gasteiger partial charge is 0.261 e. The summed E-state index contributed by atoms with van der Waals surface area (Å²) in [5.41, 5.74) is 2.58. The highest BCUT2D eigenvalue weighted by Gasteiger charge is 2.34. The van der Waals surface area contributed by atoms with Crippen LogP contribution in [0.1, 0.15) is 71.2 Å². The van der Waals surface area contributed by atoms with Gasteiger partial charge in [0.15, 0.2) is 0 Å². The summed E-state index contributed by atoms with van der Waals surface area (Å²) in [4.78, 5) is 26.2. The maximum Gasteiger partial charge on any atom is 0.261 e. The van der Waals surface area contributed by atoms with Gasteiger partial charge >= 0.3 is 0 Å². The molecule has 0 unspecified atom stereocenters. The van der Waals surface area contributed by atoms with Crippen molar-refractivity contribution in [1.29, 1.82) is 0 Å². The van der Waals surface area contributed by atoms with Crippen LogP contribution in [0.15, 0.2) is 54.6 Å². The number of rotatable bonds is 7. The highest BCUT2D eigenvalue weighted by molar-refractivity contribution is 6.21. The lowest BCUT2D eigenvalue weighted by Crippen LogP contribution is -2.30. The summed E-state index contributed by atoms with van der Waals surface area (Å²) in [5, 5.41) is 0. The first-order valence-electron chi connectivity index (χ1n) is 10.7. The Bertz CT molecular complexity index is 786. The molecule has 146 valence electrons. The van der Waals surface area contributed by atoms with Crippen LogP contribution < -0.4 is 0 Å². The molecule has 0 spiro atoms. The monoisotopic (exact) mass is 375 g/mol. The van der Waals surface area contributed by atoms with Gasteiger partial charge in [0.05, 0.1) is 11.1 Å². The molecule has 1 saturated carbocycles. The van der Waals surface area contributed by atoms with E-state index < -0.39 is 0 Å². The molecule has 4 rings (SSSR count). The van der Waals surface area contributed by atoms with Gasteiger partial charge in [0, 0.05) is 6.54 Å². The van der Waals surface area contributed by atoms with E-state index in [1.165, 1.54) is 49.0 Å². The molecule has 0 atom stereocenters. The summed E-state index contributed by atoms with van der Waals surface area (Å²) in [6.45, 7) is 0.551. The topological polar surface area (TPSA) is 37.4 Å². The first-order chi connectivity index (χ1) is 13.7. The number of imide groups is 1. The fourth-order valence-corrected chi connectivity index (χ4v) is 4.82. The predicted octanol–water partition coefficient (Wildman–Crippen LogP) is 5.50. The van der Waals surface area contributed by atoms with Crippen LogP contribution in [0.2, 0.25) is 0 Å². The van der Waals surface area contributed by atoms with Crippen molar-refractivity contribution in [2.45, 2.75) is 51.4 Å².